The Bertz CT molecular complexity index is 159. The van der Waals surface area contributed by atoms with E-state index in [-0.39, 0.29) is 17.1 Å². The SMILES string of the molecule is CC(CC(C)(C)C)OC(N)OC(C)(C)C. The van der Waals surface area contributed by atoms with Crippen molar-refractivity contribution >= 4 is 0 Å². The molecular weight excluding hydrogens is 190 g/mol. The van der Waals surface area contributed by atoms with Gasteiger partial charge >= 0.3 is 0 Å². The first-order valence-corrected chi connectivity index (χ1v) is 5.58. The highest BCUT2D eigenvalue weighted by Crippen LogP contribution is 2.23. The molecule has 0 radical (unpaired) electrons. The number of ether oxygens (including phenoxy) is 2. The van der Waals surface area contributed by atoms with Gasteiger partial charge in [0.05, 0.1) is 11.7 Å². The first-order valence-electron chi connectivity index (χ1n) is 5.58. The summed E-state index contributed by atoms with van der Waals surface area (Å²) in [6.07, 6.45) is 0.443. The quantitative estimate of drug-likeness (QED) is 0.736. The van der Waals surface area contributed by atoms with Crippen molar-refractivity contribution in [2.75, 3.05) is 0 Å². The van der Waals surface area contributed by atoms with Crippen molar-refractivity contribution in [1.29, 1.82) is 0 Å². The van der Waals surface area contributed by atoms with Crippen molar-refractivity contribution < 1.29 is 9.47 Å². The molecule has 0 rings (SSSR count). The highest BCUT2D eigenvalue weighted by Gasteiger charge is 2.21. The molecule has 0 saturated carbocycles. The Hall–Kier alpha value is -0.120. The molecule has 2 N–H and O–H groups in total. The van der Waals surface area contributed by atoms with Gasteiger partial charge in [-0.25, -0.2) is 0 Å². The summed E-state index contributed by atoms with van der Waals surface area (Å²) >= 11 is 0. The number of hydrogen-bond acceptors (Lipinski definition) is 3. The average Bonchev–Trinajstić information content (AvgIpc) is 1.73. The van der Waals surface area contributed by atoms with E-state index < -0.39 is 6.41 Å². The second kappa shape index (κ2) is 5.28. The molecule has 3 heteroatoms. The van der Waals surface area contributed by atoms with Crippen LogP contribution in [0.3, 0.4) is 0 Å². The van der Waals surface area contributed by atoms with E-state index in [0.29, 0.717) is 0 Å². The lowest BCUT2D eigenvalue weighted by atomic mass is 9.90. The highest BCUT2D eigenvalue weighted by molar-refractivity contribution is 4.66. The maximum atomic E-state index is 5.74. The van der Waals surface area contributed by atoms with Crippen LogP contribution in [0.1, 0.15) is 54.9 Å². The van der Waals surface area contributed by atoms with Crippen LogP contribution in [0.5, 0.6) is 0 Å². The lowest BCUT2D eigenvalue weighted by Gasteiger charge is -2.29. The lowest BCUT2D eigenvalue weighted by Crippen LogP contribution is -2.38. The van der Waals surface area contributed by atoms with Crippen LogP contribution in [0.4, 0.5) is 0 Å². The van der Waals surface area contributed by atoms with Crippen LogP contribution >= 0.6 is 0 Å². The fourth-order valence-electron chi connectivity index (χ4n) is 1.52. The van der Waals surface area contributed by atoms with Crippen molar-refractivity contribution in [2.24, 2.45) is 11.1 Å². The van der Waals surface area contributed by atoms with E-state index in [1.807, 2.05) is 27.7 Å². The normalized spacial score (nSPS) is 17.6. The minimum absolute atomic E-state index is 0.113. The third-order valence-corrected chi connectivity index (χ3v) is 1.74. The molecule has 0 aromatic rings. The molecule has 0 saturated heterocycles. The Balaban J connectivity index is 3.92. The zero-order valence-electron chi connectivity index (χ0n) is 11.3. The maximum Gasteiger partial charge on any atom is 0.214 e. The Labute approximate surface area is 94.3 Å². The molecule has 3 nitrogen and oxygen atoms in total. The van der Waals surface area contributed by atoms with Gasteiger partial charge < -0.3 is 9.47 Å². The van der Waals surface area contributed by atoms with Crippen LogP contribution in [0.25, 0.3) is 0 Å². The molecule has 0 aliphatic heterocycles. The summed E-state index contributed by atoms with van der Waals surface area (Å²) in [5.74, 6) is 0. The van der Waals surface area contributed by atoms with Gasteiger partial charge in [0.1, 0.15) is 0 Å². The van der Waals surface area contributed by atoms with Gasteiger partial charge in [-0.1, -0.05) is 20.8 Å². The van der Waals surface area contributed by atoms with Crippen LogP contribution < -0.4 is 5.73 Å². The zero-order chi connectivity index (χ0) is 12.3. The van der Waals surface area contributed by atoms with Crippen molar-refractivity contribution in [3.05, 3.63) is 0 Å². The Morgan fingerprint density at radius 2 is 1.53 bits per heavy atom. The van der Waals surface area contributed by atoms with E-state index in [4.69, 9.17) is 15.2 Å². The number of nitrogens with two attached hydrogens (primary N) is 1. The summed E-state index contributed by atoms with van der Waals surface area (Å²) < 4.78 is 11.0. The van der Waals surface area contributed by atoms with Gasteiger partial charge in [0.15, 0.2) is 0 Å². The van der Waals surface area contributed by atoms with Crippen LogP contribution in [0.2, 0.25) is 0 Å². The highest BCUT2D eigenvalue weighted by atomic mass is 16.7. The van der Waals surface area contributed by atoms with Gasteiger partial charge in [0, 0.05) is 0 Å². The predicted octanol–water partition coefficient (Wildman–Crippen LogP) is 2.89. The number of hydrogen-bond donors (Lipinski definition) is 1. The molecule has 0 fully saturated rings. The van der Waals surface area contributed by atoms with Gasteiger partial charge in [-0.15, -0.1) is 0 Å². The minimum atomic E-state index is -0.637. The smallest absolute Gasteiger partial charge is 0.214 e. The van der Waals surface area contributed by atoms with Crippen LogP contribution in [-0.2, 0) is 9.47 Å². The van der Waals surface area contributed by atoms with Gasteiger partial charge in [-0.3, -0.25) is 5.73 Å². The molecule has 0 heterocycles. The van der Waals surface area contributed by atoms with Crippen molar-refractivity contribution in [1.82, 2.24) is 0 Å². The van der Waals surface area contributed by atoms with Gasteiger partial charge in [0.2, 0.25) is 6.41 Å². The Morgan fingerprint density at radius 3 is 1.87 bits per heavy atom. The van der Waals surface area contributed by atoms with E-state index in [0.717, 1.165) is 6.42 Å². The molecule has 0 spiro atoms. The summed E-state index contributed by atoms with van der Waals surface area (Å²) in [7, 11) is 0. The van der Waals surface area contributed by atoms with Crippen molar-refractivity contribution in [3.8, 4) is 0 Å². The summed E-state index contributed by atoms with van der Waals surface area (Å²) in [5.41, 5.74) is 5.72. The zero-order valence-corrected chi connectivity index (χ0v) is 11.3. The predicted molar refractivity (Wildman–Crippen MR) is 63.4 cm³/mol. The molecule has 0 aromatic carbocycles. The van der Waals surface area contributed by atoms with Crippen molar-refractivity contribution in [3.63, 3.8) is 0 Å². The molecule has 2 atom stereocenters. The largest absolute Gasteiger partial charge is 0.337 e. The molecular formula is C12H27NO2. The molecule has 2 unspecified atom stereocenters. The molecule has 0 amide bonds. The van der Waals surface area contributed by atoms with E-state index in [9.17, 15) is 0 Å². The van der Waals surface area contributed by atoms with Crippen LogP contribution in [0.15, 0.2) is 0 Å². The third-order valence-electron chi connectivity index (χ3n) is 1.74. The summed E-state index contributed by atoms with van der Waals surface area (Å²) in [4.78, 5) is 0. The molecule has 92 valence electrons. The Morgan fingerprint density at radius 1 is 1.07 bits per heavy atom. The number of rotatable bonds is 4. The molecule has 0 aliphatic rings. The standard InChI is InChI=1S/C12H27NO2/c1-9(8-11(2,3)4)14-10(13)15-12(5,6)7/h9-10H,8,13H2,1-7H3. The second-order valence-electron chi connectivity index (χ2n) is 6.31. The molecule has 0 aliphatic carbocycles. The third kappa shape index (κ3) is 10.2. The molecule has 0 aromatic heterocycles. The Kier molecular flexibility index (Phi) is 5.24. The van der Waals surface area contributed by atoms with E-state index in [1.54, 1.807) is 0 Å². The first kappa shape index (κ1) is 14.9. The van der Waals surface area contributed by atoms with Gasteiger partial charge in [-0.05, 0) is 39.5 Å². The fraction of sp³-hybridized carbons (Fsp3) is 1.00. The fourth-order valence-corrected chi connectivity index (χ4v) is 1.52. The van der Waals surface area contributed by atoms with Gasteiger partial charge in [0.25, 0.3) is 0 Å². The minimum Gasteiger partial charge on any atom is -0.337 e. The lowest BCUT2D eigenvalue weighted by molar-refractivity contribution is -0.212. The average molecular weight is 217 g/mol. The van der Waals surface area contributed by atoms with Crippen LogP contribution in [-0.4, -0.2) is 18.1 Å². The maximum absolute atomic E-state index is 5.74. The second-order valence-corrected chi connectivity index (χ2v) is 6.31. The van der Waals surface area contributed by atoms with E-state index in [2.05, 4.69) is 20.8 Å². The van der Waals surface area contributed by atoms with Gasteiger partial charge in [-0.2, -0.15) is 0 Å². The molecule has 0 bridgehead atoms. The topological polar surface area (TPSA) is 44.5 Å². The molecule has 15 heavy (non-hydrogen) atoms. The summed E-state index contributed by atoms with van der Waals surface area (Å²) in [6.45, 7) is 14.5. The monoisotopic (exact) mass is 217 g/mol. The van der Waals surface area contributed by atoms with E-state index in [1.165, 1.54) is 0 Å². The summed E-state index contributed by atoms with van der Waals surface area (Å²) in [5, 5.41) is 0. The first-order chi connectivity index (χ1) is 6.49. The van der Waals surface area contributed by atoms with E-state index >= 15 is 0 Å². The summed E-state index contributed by atoms with van der Waals surface area (Å²) in [6, 6.07) is 0. The van der Waals surface area contributed by atoms with Crippen LogP contribution in [0, 0.1) is 5.41 Å². The van der Waals surface area contributed by atoms with Crippen molar-refractivity contribution in [2.45, 2.75) is 73.0 Å².